The number of carbonyl (C=O) groups excluding carboxylic acids is 1. The number of thiophene rings is 1. The fraction of sp³-hybridized carbons (Fsp3) is 0.667. The first kappa shape index (κ1) is 13.1. The fourth-order valence-corrected chi connectivity index (χ4v) is 3.95. The van der Waals surface area contributed by atoms with E-state index < -0.39 is 0 Å². The summed E-state index contributed by atoms with van der Waals surface area (Å²) in [5, 5.41) is 5.73. The van der Waals surface area contributed by atoms with E-state index in [1.165, 1.54) is 17.7 Å². The second kappa shape index (κ2) is 6.06. The van der Waals surface area contributed by atoms with Gasteiger partial charge in [-0.15, -0.1) is 11.3 Å². The molecule has 2 saturated heterocycles. The third-order valence-corrected chi connectivity index (χ3v) is 5.21. The first-order chi connectivity index (χ1) is 9.31. The molecular formula is C15H22N2OS. The first-order valence-electron chi connectivity index (χ1n) is 7.37. The number of likely N-dealkylation sites (tertiary alicyclic amines) is 1. The molecule has 1 aromatic rings. The van der Waals surface area contributed by atoms with Gasteiger partial charge in [-0.05, 0) is 43.6 Å². The maximum atomic E-state index is 12.3. The monoisotopic (exact) mass is 278 g/mol. The van der Waals surface area contributed by atoms with Gasteiger partial charge in [0.25, 0.3) is 0 Å². The van der Waals surface area contributed by atoms with Gasteiger partial charge in [0.15, 0.2) is 0 Å². The molecule has 3 rings (SSSR count). The molecule has 19 heavy (non-hydrogen) atoms. The summed E-state index contributed by atoms with van der Waals surface area (Å²) >= 11 is 1.79. The van der Waals surface area contributed by atoms with Crippen LogP contribution in [0.25, 0.3) is 0 Å². The molecule has 2 fully saturated rings. The Kier molecular flexibility index (Phi) is 4.18. The average Bonchev–Trinajstić information content (AvgIpc) is 2.99. The average molecular weight is 278 g/mol. The Bertz CT molecular complexity index is 418. The first-order valence-corrected chi connectivity index (χ1v) is 8.25. The van der Waals surface area contributed by atoms with Crippen molar-refractivity contribution in [3.05, 3.63) is 22.4 Å². The normalized spacial score (nSPS) is 26.4. The molecule has 0 saturated carbocycles. The Morgan fingerprint density at radius 2 is 2.26 bits per heavy atom. The number of rotatable bonds is 4. The van der Waals surface area contributed by atoms with E-state index in [0.29, 0.717) is 24.4 Å². The number of hydrogen-bond donors (Lipinski definition) is 1. The Labute approximate surface area is 119 Å². The van der Waals surface area contributed by atoms with Gasteiger partial charge in [-0.25, -0.2) is 0 Å². The van der Waals surface area contributed by atoms with Gasteiger partial charge in [-0.3, -0.25) is 4.79 Å². The van der Waals surface area contributed by atoms with E-state index in [1.807, 2.05) is 0 Å². The lowest BCUT2D eigenvalue weighted by atomic mass is 10.1. The zero-order valence-electron chi connectivity index (χ0n) is 11.3. The van der Waals surface area contributed by atoms with Gasteiger partial charge >= 0.3 is 0 Å². The number of hydrogen-bond acceptors (Lipinski definition) is 3. The number of carbonyl (C=O) groups is 1. The molecular weight excluding hydrogens is 256 g/mol. The second-order valence-electron chi connectivity index (χ2n) is 5.70. The SMILES string of the molecule is O=C(CCCc1cccs1)N1CCC2CCC(C1)N2. The summed E-state index contributed by atoms with van der Waals surface area (Å²) in [5.74, 6) is 0.353. The van der Waals surface area contributed by atoms with Crippen LogP contribution in [-0.2, 0) is 11.2 Å². The van der Waals surface area contributed by atoms with Gasteiger partial charge in [0, 0.05) is 36.5 Å². The van der Waals surface area contributed by atoms with Crippen molar-refractivity contribution in [3.8, 4) is 0 Å². The molecule has 0 radical (unpaired) electrons. The lowest BCUT2D eigenvalue weighted by Crippen LogP contribution is -2.38. The molecule has 0 aromatic carbocycles. The largest absolute Gasteiger partial charge is 0.341 e. The minimum Gasteiger partial charge on any atom is -0.341 e. The molecule has 1 aromatic heterocycles. The van der Waals surface area contributed by atoms with Crippen LogP contribution in [0.15, 0.2) is 17.5 Å². The maximum absolute atomic E-state index is 12.3. The van der Waals surface area contributed by atoms with E-state index in [4.69, 9.17) is 0 Å². The van der Waals surface area contributed by atoms with Crippen molar-refractivity contribution >= 4 is 17.2 Å². The predicted molar refractivity (Wildman–Crippen MR) is 78.4 cm³/mol. The Hall–Kier alpha value is -0.870. The molecule has 0 spiro atoms. The predicted octanol–water partition coefficient (Wildman–Crippen LogP) is 2.42. The van der Waals surface area contributed by atoms with Crippen molar-refractivity contribution < 1.29 is 4.79 Å². The van der Waals surface area contributed by atoms with Crippen LogP contribution >= 0.6 is 11.3 Å². The highest BCUT2D eigenvalue weighted by molar-refractivity contribution is 7.09. The van der Waals surface area contributed by atoms with Gasteiger partial charge in [-0.1, -0.05) is 6.07 Å². The minimum absolute atomic E-state index is 0.353. The Morgan fingerprint density at radius 3 is 3.11 bits per heavy atom. The van der Waals surface area contributed by atoms with Crippen LogP contribution in [0.2, 0.25) is 0 Å². The molecule has 3 heterocycles. The molecule has 2 unspecified atom stereocenters. The molecule has 2 bridgehead atoms. The quantitative estimate of drug-likeness (QED) is 0.917. The molecule has 104 valence electrons. The number of aryl methyl sites for hydroxylation is 1. The van der Waals surface area contributed by atoms with Crippen LogP contribution in [-0.4, -0.2) is 36.0 Å². The lowest BCUT2D eigenvalue weighted by molar-refractivity contribution is -0.131. The molecule has 1 amide bonds. The van der Waals surface area contributed by atoms with Gasteiger partial charge in [0.05, 0.1) is 0 Å². The minimum atomic E-state index is 0.353. The van der Waals surface area contributed by atoms with E-state index in [-0.39, 0.29) is 0 Å². The third-order valence-electron chi connectivity index (χ3n) is 4.27. The van der Waals surface area contributed by atoms with Crippen molar-refractivity contribution in [1.82, 2.24) is 10.2 Å². The van der Waals surface area contributed by atoms with Gasteiger partial charge in [0.2, 0.25) is 5.91 Å². The highest BCUT2D eigenvalue weighted by atomic mass is 32.1. The van der Waals surface area contributed by atoms with Crippen LogP contribution in [0.4, 0.5) is 0 Å². The number of nitrogens with zero attached hydrogens (tertiary/aromatic N) is 1. The zero-order valence-corrected chi connectivity index (χ0v) is 12.1. The highest BCUT2D eigenvalue weighted by Gasteiger charge is 2.30. The standard InChI is InChI=1S/C15H22N2OS/c18-15(5-1-3-14-4-2-10-19-14)17-9-8-12-6-7-13(11-17)16-12/h2,4,10,12-13,16H,1,3,5-9,11H2. The molecule has 1 N–H and O–H groups in total. The van der Waals surface area contributed by atoms with Crippen molar-refractivity contribution in [1.29, 1.82) is 0 Å². The fourth-order valence-electron chi connectivity index (χ4n) is 3.20. The summed E-state index contributed by atoms with van der Waals surface area (Å²) in [5.41, 5.74) is 0. The van der Waals surface area contributed by atoms with Crippen molar-refractivity contribution in [2.75, 3.05) is 13.1 Å². The van der Waals surface area contributed by atoms with Crippen LogP contribution in [0.5, 0.6) is 0 Å². The van der Waals surface area contributed by atoms with E-state index in [1.54, 1.807) is 11.3 Å². The van der Waals surface area contributed by atoms with E-state index >= 15 is 0 Å². The zero-order chi connectivity index (χ0) is 13.1. The van der Waals surface area contributed by atoms with Gasteiger partial charge < -0.3 is 10.2 Å². The summed E-state index contributed by atoms with van der Waals surface area (Å²) < 4.78 is 0. The lowest BCUT2D eigenvalue weighted by Gasteiger charge is -2.24. The molecule has 2 atom stereocenters. The molecule has 3 nitrogen and oxygen atoms in total. The van der Waals surface area contributed by atoms with Crippen LogP contribution in [0.3, 0.4) is 0 Å². The van der Waals surface area contributed by atoms with E-state index in [2.05, 4.69) is 27.7 Å². The van der Waals surface area contributed by atoms with E-state index in [9.17, 15) is 4.79 Å². The van der Waals surface area contributed by atoms with Crippen LogP contribution in [0.1, 0.15) is 37.0 Å². The number of nitrogens with one attached hydrogen (secondary N) is 1. The number of fused-ring (bicyclic) bond motifs is 2. The van der Waals surface area contributed by atoms with Crippen LogP contribution < -0.4 is 5.32 Å². The molecule has 2 aliphatic rings. The van der Waals surface area contributed by atoms with Crippen LogP contribution in [0, 0.1) is 0 Å². The highest BCUT2D eigenvalue weighted by Crippen LogP contribution is 2.21. The summed E-state index contributed by atoms with van der Waals surface area (Å²) in [6, 6.07) is 5.45. The maximum Gasteiger partial charge on any atom is 0.222 e. The van der Waals surface area contributed by atoms with E-state index in [0.717, 1.165) is 32.4 Å². The molecule has 0 aliphatic carbocycles. The van der Waals surface area contributed by atoms with Crippen molar-refractivity contribution in [2.24, 2.45) is 0 Å². The summed E-state index contributed by atoms with van der Waals surface area (Å²) in [4.78, 5) is 15.7. The Balaban J connectivity index is 1.44. The third kappa shape index (κ3) is 3.37. The number of amides is 1. The summed E-state index contributed by atoms with van der Waals surface area (Å²) in [6.45, 7) is 1.88. The Morgan fingerprint density at radius 1 is 1.37 bits per heavy atom. The summed E-state index contributed by atoms with van der Waals surface area (Å²) in [6.07, 6.45) is 6.40. The molecule has 2 aliphatic heterocycles. The van der Waals surface area contributed by atoms with Crippen molar-refractivity contribution in [2.45, 2.75) is 50.6 Å². The topological polar surface area (TPSA) is 32.3 Å². The van der Waals surface area contributed by atoms with Gasteiger partial charge in [0.1, 0.15) is 0 Å². The molecule has 4 heteroatoms. The van der Waals surface area contributed by atoms with Crippen molar-refractivity contribution in [3.63, 3.8) is 0 Å². The smallest absolute Gasteiger partial charge is 0.222 e. The van der Waals surface area contributed by atoms with Gasteiger partial charge in [-0.2, -0.15) is 0 Å². The second-order valence-corrected chi connectivity index (χ2v) is 6.73. The summed E-state index contributed by atoms with van der Waals surface area (Å²) in [7, 11) is 0.